The average Bonchev–Trinajstić information content (AvgIpc) is 3.24. The topological polar surface area (TPSA) is 65.2 Å². The molecule has 4 rings (SSSR count). The first kappa shape index (κ1) is 20.6. The number of nitriles is 1. The Labute approximate surface area is 181 Å². The highest BCUT2D eigenvalue weighted by Gasteiger charge is 2.24. The summed E-state index contributed by atoms with van der Waals surface area (Å²) in [5, 5.41) is 13.6. The second-order valence-electron chi connectivity index (χ2n) is 7.90. The van der Waals surface area contributed by atoms with Crippen LogP contribution in [0.1, 0.15) is 35.3 Å². The lowest BCUT2D eigenvalue weighted by Crippen LogP contribution is -2.35. The summed E-state index contributed by atoms with van der Waals surface area (Å²) < 4.78 is 16.5. The molecule has 0 saturated carbocycles. The highest BCUT2D eigenvalue weighted by Crippen LogP contribution is 2.28. The number of aromatic nitrogens is 2. The van der Waals surface area contributed by atoms with Gasteiger partial charge in [-0.05, 0) is 55.7 Å². The largest absolute Gasteiger partial charge is 0.378 e. The van der Waals surface area contributed by atoms with Crippen molar-refractivity contribution in [3.8, 4) is 23.0 Å². The molecule has 0 unspecified atom stereocenters. The standard InChI is InChI=1S/C24H24FN5O/c1-28(2)19-10-11-22(20(25)14-19)30-23(18-8-6-17(16-26)7-9-18)15-21(27-30)24(31)29-12-4-3-5-13-29/h6-11,14-15H,3-5,12-13H2,1-2H3. The molecule has 7 heteroatoms. The zero-order valence-electron chi connectivity index (χ0n) is 17.7. The Hall–Kier alpha value is -3.66. The number of rotatable bonds is 4. The van der Waals surface area contributed by atoms with E-state index in [4.69, 9.17) is 5.26 Å². The number of anilines is 1. The summed E-state index contributed by atoms with van der Waals surface area (Å²) in [5.74, 6) is -0.570. The Morgan fingerprint density at radius 3 is 2.39 bits per heavy atom. The molecule has 158 valence electrons. The second kappa shape index (κ2) is 8.60. The summed E-state index contributed by atoms with van der Waals surface area (Å²) in [4.78, 5) is 16.7. The Morgan fingerprint density at radius 2 is 1.77 bits per heavy atom. The number of carbonyl (C=O) groups excluding carboxylic acids is 1. The molecule has 1 aromatic heterocycles. The molecule has 1 fully saturated rings. The Morgan fingerprint density at radius 1 is 1.06 bits per heavy atom. The first-order valence-electron chi connectivity index (χ1n) is 10.3. The maximum absolute atomic E-state index is 15.0. The molecule has 0 spiro atoms. The van der Waals surface area contributed by atoms with Gasteiger partial charge in [0.25, 0.3) is 5.91 Å². The van der Waals surface area contributed by atoms with Crippen LogP contribution >= 0.6 is 0 Å². The van der Waals surface area contributed by atoms with E-state index in [2.05, 4.69) is 11.2 Å². The quantitative estimate of drug-likeness (QED) is 0.637. The highest BCUT2D eigenvalue weighted by atomic mass is 19.1. The molecule has 1 saturated heterocycles. The molecule has 2 heterocycles. The van der Waals surface area contributed by atoms with Gasteiger partial charge in [-0.3, -0.25) is 4.79 Å². The minimum atomic E-state index is -0.429. The molecule has 0 bridgehead atoms. The van der Waals surface area contributed by atoms with Gasteiger partial charge in [-0.2, -0.15) is 10.4 Å². The second-order valence-corrected chi connectivity index (χ2v) is 7.90. The number of hydrogen-bond donors (Lipinski definition) is 0. The van der Waals surface area contributed by atoms with Gasteiger partial charge in [-0.15, -0.1) is 0 Å². The van der Waals surface area contributed by atoms with Crippen molar-refractivity contribution in [2.24, 2.45) is 0 Å². The molecule has 2 aromatic carbocycles. The Bertz CT molecular complexity index is 1140. The summed E-state index contributed by atoms with van der Waals surface area (Å²) in [6, 6.07) is 15.7. The van der Waals surface area contributed by atoms with Crippen LogP contribution in [0.3, 0.4) is 0 Å². The SMILES string of the molecule is CN(C)c1ccc(-n2nc(C(=O)N3CCCCC3)cc2-c2ccc(C#N)cc2)c(F)c1. The maximum atomic E-state index is 15.0. The number of piperidine rings is 1. The molecular formula is C24H24FN5O. The predicted octanol–water partition coefficient (Wildman–Crippen LogP) is 4.24. The third kappa shape index (κ3) is 4.15. The molecule has 0 atom stereocenters. The fraction of sp³-hybridized carbons (Fsp3) is 0.292. The molecule has 0 aliphatic carbocycles. The van der Waals surface area contributed by atoms with E-state index >= 15 is 4.39 Å². The molecule has 31 heavy (non-hydrogen) atoms. The zero-order chi connectivity index (χ0) is 22.0. The summed E-state index contributed by atoms with van der Waals surface area (Å²) in [5.41, 5.74) is 3.17. The molecule has 1 aliphatic rings. The molecule has 1 aliphatic heterocycles. The number of benzene rings is 2. The van der Waals surface area contributed by atoms with Crippen molar-refractivity contribution < 1.29 is 9.18 Å². The number of likely N-dealkylation sites (tertiary alicyclic amines) is 1. The molecule has 0 radical (unpaired) electrons. The monoisotopic (exact) mass is 417 g/mol. The third-order valence-electron chi connectivity index (χ3n) is 5.56. The van der Waals surface area contributed by atoms with Crippen LogP contribution in [0, 0.1) is 17.1 Å². The molecule has 0 N–H and O–H groups in total. The average molecular weight is 417 g/mol. The van der Waals surface area contributed by atoms with E-state index in [1.54, 1.807) is 36.4 Å². The van der Waals surface area contributed by atoms with E-state index in [1.165, 1.54) is 10.7 Å². The van der Waals surface area contributed by atoms with E-state index in [-0.39, 0.29) is 17.3 Å². The number of hydrogen-bond acceptors (Lipinski definition) is 4. The van der Waals surface area contributed by atoms with Gasteiger partial charge in [0, 0.05) is 38.4 Å². The van der Waals surface area contributed by atoms with E-state index in [0.29, 0.717) is 24.3 Å². The van der Waals surface area contributed by atoms with Gasteiger partial charge in [0.1, 0.15) is 5.69 Å². The lowest BCUT2D eigenvalue weighted by molar-refractivity contribution is 0.0718. The van der Waals surface area contributed by atoms with E-state index in [9.17, 15) is 4.79 Å². The van der Waals surface area contributed by atoms with Crippen LogP contribution in [0.4, 0.5) is 10.1 Å². The van der Waals surface area contributed by atoms with Crippen molar-refractivity contribution >= 4 is 11.6 Å². The van der Waals surface area contributed by atoms with E-state index < -0.39 is 5.82 Å². The van der Waals surface area contributed by atoms with Crippen molar-refractivity contribution in [1.82, 2.24) is 14.7 Å². The predicted molar refractivity (Wildman–Crippen MR) is 118 cm³/mol. The van der Waals surface area contributed by atoms with Crippen molar-refractivity contribution in [3.05, 3.63) is 65.6 Å². The van der Waals surface area contributed by atoms with E-state index in [0.717, 1.165) is 30.5 Å². The van der Waals surface area contributed by atoms with Crippen LogP contribution < -0.4 is 4.90 Å². The maximum Gasteiger partial charge on any atom is 0.274 e. The normalized spacial score (nSPS) is 13.7. The van der Waals surface area contributed by atoms with Crippen LogP contribution in [0.2, 0.25) is 0 Å². The molecule has 1 amide bonds. The molecule has 3 aromatic rings. The van der Waals surface area contributed by atoms with Crippen LogP contribution in [0.25, 0.3) is 16.9 Å². The van der Waals surface area contributed by atoms with Gasteiger partial charge < -0.3 is 9.80 Å². The van der Waals surface area contributed by atoms with E-state index in [1.807, 2.05) is 30.0 Å². The molecule has 6 nitrogen and oxygen atoms in total. The van der Waals surface area contributed by atoms with Crippen LogP contribution in [-0.4, -0.2) is 47.8 Å². The lowest BCUT2D eigenvalue weighted by Gasteiger charge is -2.25. The van der Waals surface area contributed by atoms with Crippen molar-refractivity contribution in [2.75, 3.05) is 32.1 Å². The first-order chi connectivity index (χ1) is 15.0. The van der Waals surface area contributed by atoms with Gasteiger partial charge in [0.05, 0.1) is 17.3 Å². The van der Waals surface area contributed by atoms with Gasteiger partial charge in [0.15, 0.2) is 11.5 Å². The Kier molecular flexibility index (Phi) is 5.72. The fourth-order valence-electron chi connectivity index (χ4n) is 3.80. The molecular weight excluding hydrogens is 393 g/mol. The lowest BCUT2D eigenvalue weighted by atomic mass is 10.1. The van der Waals surface area contributed by atoms with Gasteiger partial charge in [-0.1, -0.05) is 12.1 Å². The number of amides is 1. The smallest absolute Gasteiger partial charge is 0.274 e. The van der Waals surface area contributed by atoms with Crippen LogP contribution in [-0.2, 0) is 0 Å². The van der Waals surface area contributed by atoms with Crippen molar-refractivity contribution in [1.29, 1.82) is 5.26 Å². The van der Waals surface area contributed by atoms with Crippen LogP contribution in [0.15, 0.2) is 48.5 Å². The summed E-state index contributed by atoms with van der Waals surface area (Å²) in [6.07, 6.45) is 3.09. The minimum absolute atomic E-state index is 0.140. The zero-order valence-corrected chi connectivity index (χ0v) is 17.7. The van der Waals surface area contributed by atoms with Crippen LogP contribution in [0.5, 0.6) is 0 Å². The number of nitrogens with zero attached hydrogens (tertiary/aromatic N) is 5. The summed E-state index contributed by atoms with van der Waals surface area (Å²) in [6.45, 7) is 1.42. The number of halogens is 1. The summed E-state index contributed by atoms with van der Waals surface area (Å²) >= 11 is 0. The van der Waals surface area contributed by atoms with Gasteiger partial charge in [-0.25, -0.2) is 9.07 Å². The van der Waals surface area contributed by atoms with Crippen molar-refractivity contribution in [2.45, 2.75) is 19.3 Å². The van der Waals surface area contributed by atoms with Crippen molar-refractivity contribution in [3.63, 3.8) is 0 Å². The van der Waals surface area contributed by atoms with Gasteiger partial charge in [0.2, 0.25) is 0 Å². The summed E-state index contributed by atoms with van der Waals surface area (Å²) in [7, 11) is 3.69. The third-order valence-corrected chi connectivity index (χ3v) is 5.56. The first-order valence-corrected chi connectivity index (χ1v) is 10.3. The fourth-order valence-corrected chi connectivity index (χ4v) is 3.80. The highest BCUT2D eigenvalue weighted by molar-refractivity contribution is 5.93. The Balaban J connectivity index is 1.81. The number of carbonyl (C=O) groups is 1. The van der Waals surface area contributed by atoms with Gasteiger partial charge >= 0.3 is 0 Å². The minimum Gasteiger partial charge on any atom is -0.378 e.